The van der Waals surface area contributed by atoms with Crippen molar-refractivity contribution in [1.82, 2.24) is 20.2 Å². The summed E-state index contributed by atoms with van der Waals surface area (Å²) in [7, 11) is 4.83. The quantitative estimate of drug-likeness (QED) is 0.392. The van der Waals surface area contributed by atoms with Crippen LogP contribution in [-0.2, 0) is 10.3 Å². The molecule has 1 saturated carbocycles. The van der Waals surface area contributed by atoms with Crippen LogP contribution in [0.2, 0.25) is 0 Å². The van der Waals surface area contributed by atoms with Gasteiger partial charge in [0.25, 0.3) is 5.91 Å². The number of hydrogen-bond acceptors (Lipinski definition) is 7. The van der Waals surface area contributed by atoms with Crippen molar-refractivity contribution in [1.29, 1.82) is 0 Å². The van der Waals surface area contributed by atoms with Crippen molar-refractivity contribution in [2.24, 2.45) is 10.9 Å². The number of aromatic nitrogens is 2. The number of thioether (sulfide) groups is 1. The largest absolute Gasteiger partial charge is 0.463 e. The number of benzene rings is 1. The fraction of sp³-hybridized carbons (Fsp3) is 0.346. The molecule has 1 aliphatic heterocycles. The van der Waals surface area contributed by atoms with Gasteiger partial charge in [0.2, 0.25) is 11.8 Å². The number of likely N-dealkylation sites (N-methyl/N-ethyl adjacent to an activating group) is 1. The number of terminal acetylenes is 1. The lowest BCUT2D eigenvalue weighted by atomic mass is 9.84. The van der Waals surface area contributed by atoms with Crippen molar-refractivity contribution in [3.63, 3.8) is 0 Å². The molecule has 0 radical (unpaired) electrons. The van der Waals surface area contributed by atoms with Gasteiger partial charge in [0, 0.05) is 49.1 Å². The van der Waals surface area contributed by atoms with Crippen molar-refractivity contribution in [3.05, 3.63) is 59.8 Å². The van der Waals surface area contributed by atoms with Crippen LogP contribution in [-0.4, -0.2) is 71.0 Å². The Labute approximate surface area is 223 Å². The molecule has 38 heavy (non-hydrogen) atoms. The second kappa shape index (κ2) is 10.8. The highest BCUT2D eigenvalue weighted by Gasteiger charge is 2.68. The summed E-state index contributed by atoms with van der Waals surface area (Å²) >= 11 is 1.38. The van der Waals surface area contributed by atoms with Crippen molar-refractivity contribution in [2.45, 2.75) is 16.7 Å². The lowest BCUT2D eigenvalue weighted by Gasteiger charge is -2.40. The van der Waals surface area contributed by atoms with E-state index >= 15 is 4.39 Å². The zero-order valence-corrected chi connectivity index (χ0v) is 21.8. The lowest BCUT2D eigenvalue weighted by molar-refractivity contribution is -0.123. The predicted molar refractivity (Wildman–Crippen MR) is 141 cm³/mol. The molecule has 2 amide bonds. The van der Waals surface area contributed by atoms with Gasteiger partial charge in [-0.15, -0.1) is 6.42 Å². The van der Waals surface area contributed by atoms with Gasteiger partial charge in [-0.3, -0.25) is 14.6 Å². The SMILES string of the molecule is C#CCOc1cnc(C(=O)Nc2ccc(F)c([C@@]3(CF)NC(=NC)S[C@@]4(/C=C/C(=O)N(C)C)CC43)c2)cn1. The summed E-state index contributed by atoms with van der Waals surface area (Å²) in [6, 6.07) is 3.95. The first kappa shape index (κ1) is 27.1. The van der Waals surface area contributed by atoms with E-state index in [1.54, 1.807) is 27.2 Å². The number of ether oxygens (including phenoxy) is 1. The Hall–Kier alpha value is -3.98. The highest BCUT2D eigenvalue weighted by Crippen LogP contribution is 2.65. The maximum absolute atomic E-state index is 15.3. The van der Waals surface area contributed by atoms with Gasteiger partial charge < -0.3 is 20.3 Å². The third-order valence-corrected chi connectivity index (χ3v) is 7.84. The number of halogens is 2. The zero-order chi connectivity index (χ0) is 27.5. The highest BCUT2D eigenvalue weighted by molar-refractivity contribution is 8.15. The van der Waals surface area contributed by atoms with E-state index in [1.165, 1.54) is 53.3 Å². The molecule has 1 unspecified atom stereocenters. The number of carbonyl (C=O) groups is 2. The first-order chi connectivity index (χ1) is 18.2. The maximum Gasteiger partial charge on any atom is 0.275 e. The summed E-state index contributed by atoms with van der Waals surface area (Å²) in [5.74, 6) is 0.650. The van der Waals surface area contributed by atoms with E-state index in [9.17, 15) is 14.0 Å². The molecule has 0 spiro atoms. The van der Waals surface area contributed by atoms with E-state index in [4.69, 9.17) is 11.2 Å². The van der Waals surface area contributed by atoms with Crippen LogP contribution in [0.1, 0.15) is 22.5 Å². The molecule has 4 rings (SSSR count). The van der Waals surface area contributed by atoms with Gasteiger partial charge in [-0.25, -0.2) is 18.7 Å². The van der Waals surface area contributed by atoms with Gasteiger partial charge >= 0.3 is 0 Å². The summed E-state index contributed by atoms with van der Waals surface area (Å²) < 4.78 is 34.7. The van der Waals surface area contributed by atoms with Gasteiger partial charge in [-0.05, 0) is 24.6 Å². The first-order valence-electron chi connectivity index (χ1n) is 11.6. The molecule has 1 aromatic heterocycles. The molecule has 198 valence electrons. The minimum atomic E-state index is -1.45. The van der Waals surface area contributed by atoms with Crippen LogP contribution >= 0.6 is 11.8 Å². The molecule has 2 N–H and O–H groups in total. The van der Waals surface area contributed by atoms with Crippen LogP contribution < -0.4 is 15.4 Å². The van der Waals surface area contributed by atoms with Crippen LogP contribution in [0.15, 0.2) is 47.7 Å². The first-order valence-corrected chi connectivity index (χ1v) is 12.4. The third kappa shape index (κ3) is 5.19. The Balaban J connectivity index is 1.62. The number of nitrogens with zero attached hydrogens (tertiary/aromatic N) is 4. The molecule has 2 aliphatic rings. The van der Waals surface area contributed by atoms with Crippen molar-refractivity contribution in [3.8, 4) is 18.2 Å². The van der Waals surface area contributed by atoms with E-state index in [0.717, 1.165) is 0 Å². The van der Waals surface area contributed by atoms with Crippen molar-refractivity contribution < 1.29 is 23.1 Å². The van der Waals surface area contributed by atoms with E-state index in [0.29, 0.717) is 11.6 Å². The predicted octanol–water partition coefficient (Wildman–Crippen LogP) is 2.77. The molecule has 1 aromatic carbocycles. The number of alkyl halides is 1. The lowest BCUT2D eigenvalue weighted by Crippen LogP contribution is -2.54. The molecular weight excluding hydrogens is 514 g/mol. The zero-order valence-electron chi connectivity index (χ0n) is 21.0. The second-order valence-electron chi connectivity index (χ2n) is 9.02. The van der Waals surface area contributed by atoms with E-state index in [2.05, 4.69) is 31.5 Å². The van der Waals surface area contributed by atoms with Gasteiger partial charge in [0.15, 0.2) is 11.8 Å². The summed E-state index contributed by atoms with van der Waals surface area (Å²) in [6.45, 7) is -0.927. The van der Waals surface area contributed by atoms with E-state index in [-0.39, 0.29) is 41.3 Å². The average molecular weight is 541 g/mol. The fourth-order valence-electron chi connectivity index (χ4n) is 4.35. The Morgan fingerprint density at radius 3 is 2.82 bits per heavy atom. The van der Waals surface area contributed by atoms with Crippen molar-refractivity contribution in [2.75, 3.05) is 39.7 Å². The second-order valence-corrected chi connectivity index (χ2v) is 10.4. The van der Waals surface area contributed by atoms with E-state index < -0.39 is 28.7 Å². The van der Waals surface area contributed by atoms with Gasteiger partial charge in [-0.1, -0.05) is 23.8 Å². The molecular formula is C26H26F2N6O3S. The smallest absolute Gasteiger partial charge is 0.275 e. The highest BCUT2D eigenvalue weighted by atomic mass is 32.2. The molecule has 2 heterocycles. The average Bonchev–Trinajstić information content (AvgIpc) is 3.66. The van der Waals surface area contributed by atoms with Crippen LogP contribution in [0.25, 0.3) is 0 Å². The van der Waals surface area contributed by atoms with E-state index in [1.807, 2.05) is 0 Å². The molecule has 1 saturated heterocycles. The molecule has 1 aliphatic carbocycles. The number of amides is 2. The van der Waals surface area contributed by atoms with Crippen LogP contribution in [0, 0.1) is 24.1 Å². The normalized spacial score (nSPS) is 24.7. The number of amidine groups is 1. The van der Waals surface area contributed by atoms with Crippen LogP contribution in [0.4, 0.5) is 14.5 Å². The number of carbonyl (C=O) groups excluding carboxylic acids is 2. The Kier molecular flexibility index (Phi) is 7.68. The number of aliphatic imine (C=N–C) groups is 1. The van der Waals surface area contributed by atoms with Gasteiger partial charge in [0.1, 0.15) is 23.7 Å². The molecule has 9 nitrogen and oxygen atoms in total. The van der Waals surface area contributed by atoms with Gasteiger partial charge in [-0.2, -0.15) is 0 Å². The number of nitrogens with one attached hydrogen (secondary N) is 2. The Morgan fingerprint density at radius 1 is 1.39 bits per heavy atom. The molecule has 2 fully saturated rings. The minimum Gasteiger partial charge on any atom is -0.463 e. The molecule has 12 heteroatoms. The number of anilines is 1. The summed E-state index contributed by atoms with van der Waals surface area (Å²) in [6.07, 6.45) is 11.3. The standard InChI is InChI=1S/C26H26F2N6O3S/c1-5-10-37-21-14-30-19(13-31-21)23(36)32-16-6-7-18(28)17(11-16)26(15-27)20-12-25(20,38-24(29-2)33-26)9-8-22(35)34(3)4/h1,6-9,11,13-14,20H,10,12,15H2,2-4H3,(H,29,33)(H,32,36)/b9-8+/t20?,25-,26+/m0/s1. The summed E-state index contributed by atoms with van der Waals surface area (Å²) in [5, 5.41) is 6.17. The molecule has 2 aromatic rings. The number of fused-ring (bicyclic) bond motifs is 1. The van der Waals surface area contributed by atoms with Crippen molar-refractivity contribution >= 4 is 34.4 Å². The number of rotatable bonds is 8. The fourth-order valence-corrected chi connectivity index (χ4v) is 5.76. The summed E-state index contributed by atoms with van der Waals surface area (Å²) in [5.41, 5.74) is -1.17. The molecule has 3 atom stereocenters. The summed E-state index contributed by atoms with van der Waals surface area (Å²) in [4.78, 5) is 38.6. The number of hydrogen-bond donors (Lipinski definition) is 2. The molecule has 0 bridgehead atoms. The van der Waals surface area contributed by atoms with Gasteiger partial charge in [0.05, 0.1) is 12.4 Å². The topological polar surface area (TPSA) is 109 Å². The van der Waals surface area contributed by atoms with Crippen LogP contribution in [0.3, 0.4) is 0 Å². The minimum absolute atomic E-state index is 0.00589. The maximum atomic E-state index is 15.3. The Morgan fingerprint density at radius 2 is 2.18 bits per heavy atom. The monoisotopic (exact) mass is 540 g/mol. The van der Waals surface area contributed by atoms with Crippen LogP contribution in [0.5, 0.6) is 5.88 Å². The Bertz CT molecular complexity index is 1340. The third-order valence-electron chi connectivity index (χ3n) is 6.40.